The Labute approximate surface area is 181 Å². The van der Waals surface area contributed by atoms with Crippen molar-refractivity contribution in [1.82, 2.24) is 15.1 Å². The van der Waals surface area contributed by atoms with E-state index in [1.54, 1.807) is 23.0 Å². The van der Waals surface area contributed by atoms with Crippen LogP contribution in [0.4, 0.5) is 0 Å². The van der Waals surface area contributed by atoms with Crippen LogP contribution in [0.25, 0.3) is 11.1 Å². The molecule has 1 aromatic heterocycles. The Hall–Kier alpha value is -2.86. The summed E-state index contributed by atoms with van der Waals surface area (Å²) in [4.78, 5) is 25.3. The highest BCUT2D eigenvalue weighted by Crippen LogP contribution is 2.35. The van der Waals surface area contributed by atoms with Gasteiger partial charge in [-0.05, 0) is 51.0 Å². The highest BCUT2D eigenvalue weighted by molar-refractivity contribution is 6.35. The van der Waals surface area contributed by atoms with Crippen LogP contribution in [0.2, 0.25) is 5.02 Å². The molecule has 0 saturated heterocycles. The van der Waals surface area contributed by atoms with Crippen LogP contribution in [0.1, 0.15) is 44.5 Å². The molecule has 7 heteroatoms. The lowest BCUT2D eigenvalue weighted by Gasteiger charge is -2.18. The average molecular weight is 428 g/mol. The van der Waals surface area contributed by atoms with E-state index in [-0.39, 0.29) is 29.4 Å². The van der Waals surface area contributed by atoms with Gasteiger partial charge >= 0.3 is 0 Å². The zero-order valence-corrected chi connectivity index (χ0v) is 18.6. The third kappa shape index (κ3) is 4.82. The first-order valence-corrected chi connectivity index (χ1v) is 10.2. The van der Waals surface area contributed by atoms with Gasteiger partial charge in [0, 0.05) is 37.3 Å². The van der Waals surface area contributed by atoms with Gasteiger partial charge in [0.25, 0.3) is 5.91 Å². The molecule has 1 aliphatic rings. The van der Waals surface area contributed by atoms with Gasteiger partial charge < -0.3 is 10.1 Å². The van der Waals surface area contributed by atoms with E-state index < -0.39 is 0 Å². The van der Waals surface area contributed by atoms with Crippen LogP contribution in [0.15, 0.2) is 47.3 Å². The summed E-state index contributed by atoms with van der Waals surface area (Å²) in [6.07, 6.45) is 5.83. The van der Waals surface area contributed by atoms with Gasteiger partial charge in [-0.2, -0.15) is 5.10 Å². The van der Waals surface area contributed by atoms with Gasteiger partial charge in [-0.15, -0.1) is 0 Å². The number of benzene rings is 1. The lowest BCUT2D eigenvalue weighted by Crippen LogP contribution is -2.29. The summed E-state index contributed by atoms with van der Waals surface area (Å²) >= 11 is 6.52. The van der Waals surface area contributed by atoms with E-state index in [9.17, 15) is 9.59 Å². The summed E-state index contributed by atoms with van der Waals surface area (Å²) in [7, 11) is 1.83. The van der Waals surface area contributed by atoms with Crippen LogP contribution >= 0.6 is 11.6 Å². The summed E-state index contributed by atoms with van der Waals surface area (Å²) in [5.41, 5.74) is 4.43. The van der Waals surface area contributed by atoms with Crippen LogP contribution in [0, 0.1) is 0 Å². The van der Waals surface area contributed by atoms with Gasteiger partial charge in [-0.3, -0.25) is 14.3 Å². The molecule has 3 rings (SSSR count). The Morgan fingerprint density at radius 2 is 2.03 bits per heavy atom. The van der Waals surface area contributed by atoms with Gasteiger partial charge in [-0.1, -0.05) is 23.3 Å². The number of ketones is 1. The van der Waals surface area contributed by atoms with E-state index in [4.69, 9.17) is 16.3 Å². The largest absolute Gasteiger partial charge is 0.489 e. The highest BCUT2D eigenvalue weighted by atomic mass is 35.5. The van der Waals surface area contributed by atoms with Crippen molar-refractivity contribution >= 4 is 23.3 Å². The van der Waals surface area contributed by atoms with E-state index in [0.29, 0.717) is 23.3 Å². The molecule has 30 heavy (non-hydrogen) atoms. The van der Waals surface area contributed by atoms with Crippen molar-refractivity contribution in [3.05, 3.63) is 57.9 Å². The fourth-order valence-electron chi connectivity index (χ4n) is 3.43. The number of carbonyl (C=O) groups excluding carboxylic acids is 2. The van der Waals surface area contributed by atoms with Crippen molar-refractivity contribution in [2.24, 2.45) is 7.05 Å². The second-order valence-corrected chi connectivity index (χ2v) is 8.22. The molecule has 0 saturated carbocycles. The van der Waals surface area contributed by atoms with Gasteiger partial charge in [0.2, 0.25) is 0 Å². The van der Waals surface area contributed by atoms with E-state index >= 15 is 0 Å². The number of hydrogen-bond donors (Lipinski definition) is 1. The Morgan fingerprint density at radius 1 is 1.30 bits per heavy atom. The first kappa shape index (κ1) is 21.8. The molecular formula is C23H26ClN3O3. The van der Waals surface area contributed by atoms with Crippen molar-refractivity contribution in [3.63, 3.8) is 0 Å². The molecule has 1 amide bonds. The number of Topliss-reactive ketones (excluding diaryl/α,β-unsaturated/α-hetero) is 1. The number of hydrogen-bond acceptors (Lipinski definition) is 4. The molecule has 0 fully saturated rings. The maximum Gasteiger partial charge on any atom is 0.253 e. The minimum absolute atomic E-state index is 0.0341. The predicted octanol–water partition coefficient (Wildman–Crippen LogP) is 4.49. The summed E-state index contributed by atoms with van der Waals surface area (Å²) in [6, 6.07) is 3.52. The first-order valence-electron chi connectivity index (χ1n) is 9.83. The molecule has 2 aromatic rings. The van der Waals surface area contributed by atoms with Crippen molar-refractivity contribution in [2.75, 3.05) is 6.54 Å². The number of nitrogens with zero attached hydrogens (tertiary/aromatic N) is 2. The van der Waals surface area contributed by atoms with Gasteiger partial charge in [0.05, 0.1) is 22.9 Å². The van der Waals surface area contributed by atoms with Gasteiger partial charge in [0.15, 0.2) is 5.78 Å². The predicted molar refractivity (Wildman–Crippen MR) is 118 cm³/mol. The second-order valence-electron chi connectivity index (χ2n) is 7.84. The summed E-state index contributed by atoms with van der Waals surface area (Å²) < 4.78 is 7.52. The minimum atomic E-state index is -0.362. The maximum atomic E-state index is 13.0. The first-order chi connectivity index (χ1) is 14.2. The molecule has 1 N–H and O–H groups in total. The third-order valence-electron chi connectivity index (χ3n) is 4.83. The van der Waals surface area contributed by atoms with E-state index in [1.165, 1.54) is 0 Å². The Morgan fingerprint density at radius 3 is 2.63 bits per heavy atom. The Kier molecular flexibility index (Phi) is 6.46. The van der Waals surface area contributed by atoms with Crippen LogP contribution < -0.4 is 10.1 Å². The summed E-state index contributed by atoms with van der Waals surface area (Å²) in [6.45, 7) is 7.75. The number of ether oxygens (including phenoxy) is 1. The number of amides is 1. The average Bonchev–Trinajstić information content (AvgIpc) is 3.08. The summed E-state index contributed by atoms with van der Waals surface area (Å²) in [5.74, 6) is 0.103. The number of aryl methyl sites for hydroxylation is 1. The molecule has 0 aliphatic heterocycles. The second kappa shape index (κ2) is 8.88. The van der Waals surface area contributed by atoms with Crippen molar-refractivity contribution in [1.29, 1.82) is 0 Å². The van der Waals surface area contributed by atoms with Gasteiger partial charge in [0.1, 0.15) is 5.75 Å². The molecule has 1 aliphatic carbocycles. The molecule has 0 unspecified atom stereocenters. The topological polar surface area (TPSA) is 73.2 Å². The van der Waals surface area contributed by atoms with Crippen LogP contribution in [-0.2, 0) is 11.8 Å². The smallest absolute Gasteiger partial charge is 0.253 e. The minimum Gasteiger partial charge on any atom is -0.489 e. The highest BCUT2D eigenvalue weighted by Gasteiger charge is 2.21. The maximum absolute atomic E-state index is 13.0. The number of allylic oxidation sites excluding steroid dienone is 3. The molecule has 1 aromatic carbocycles. The van der Waals surface area contributed by atoms with Crippen molar-refractivity contribution in [3.8, 4) is 16.9 Å². The number of aromatic nitrogens is 2. The van der Waals surface area contributed by atoms with Crippen LogP contribution in [0.3, 0.4) is 0 Å². The number of carbonyl (C=O) groups is 2. The normalized spacial score (nSPS) is 14.2. The Balaban J connectivity index is 1.92. The number of nitrogens with one attached hydrogen (secondary N) is 1. The molecule has 158 valence electrons. The molecular weight excluding hydrogens is 402 g/mol. The molecule has 0 bridgehead atoms. The third-order valence-corrected chi connectivity index (χ3v) is 5.22. The number of halogens is 1. The fourth-order valence-corrected chi connectivity index (χ4v) is 3.67. The zero-order chi connectivity index (χ0) is 22.0. The van der Waals surface area contributed by atoms with Crippen LogP contribution in [-0.4, -0.2) is 34.1 Å². The lowest BCUT2D eigenvalue weighted by atomic mass is 9.92. The summed E-state index contributed by atoms with van der Waals surface area (Å²) in [5, 5.41) is 7.28. The molecule has 6 nitrogen and oxygen atoms in total. The van der Waals surface area contributed by atoms with Gasteiger partial charge in [-0.25, -0.2) is 0 Å². The lowest BCUT2D eigenvalue weighted by molar-refractivity contribution is -0.115. The van der Waals surface area contributed by atoms with Crippen molar-refractivity contribution in [2.45, 2.75) is 40.2 Å². The van der Waals surface area contributed by atoms with E-state index in [2.05, 4.69) is 10.4 Å². The monoisotopic (exact) mass is 427 g/mol. The fraction of sp³-hybridized carbons (Fsp3) is 0.348. The SMILES string of the molecule is CC1=CC(C)=C(CNC(=O)c2cc(-c3cnn(C)c3)cc(OC(C)C)c2Cl)C(=O)C1. The molecule has 0 spiro atoms. The van der Waals surface area contributed by atoms with E-state index in [1.807, 2.05) is 47.0 Å². The Bertz CT molecular complexity index is 1060. The number of rotatable bonds is 6. The quantitative estimate of drug-likeness (QED) is 0.736. The zero-order valence-electron chi connectivity index (χ0n) is 17.9. The standard InChI is InChI=1S/C23H26ClN3O3/c1-13(2)30-21-9-16(17-10-26-27(5)12-17)8-18(22(21)24)23(29)25-11-19-15(4)6-14(3)7-20(19)28/h6,8-10,12-13H,7,11H2,1-5H3,(H,25,29). The van der Waals surface area contributed by atoms with Crippen LogP contribution in [0.5, 0.6) is 5.75 Å². The van der Waals surface area contributed by atoms with Crippen molar-refractivity contribution < 1.29 is 14.3 Å². The van der Waals surface area contributed by atoms with E-state index in [0.717, 1.165) is 22.3 Å². The molecule has 0 atom stereocenters. The molecule has 0 radical (unpaired) electrons. The molecule has 1 heterocycles.